The summed E-state index contributed by atoms with van der Waals surface area (Å²) in [5, 5.41) is 5.57. The molecule has 0 amide bonds. The van der Waals surface area contributed by atoms with E-state index < -0.39 is 51.6 Å². The highest BCUT2D eigenvalue weighted by molar-refractivity contribution is 5.93. The van der Waals surface area contributed by atoms with Gasteiger partial charge in [0.2, 0.25) is 0 Å². The molecular formula is C22H10F6N6O2. The van der Waals surface area contributed by atoms with Crippen LogP contribution in [0.3, 0.4) is 0 Å². The number of aromatic amines is 1. The van der Waals surface area contributed by atoms with Crippen molar-refractivity contribution >= 4 is 28.6 Å². The molecule has 4 heterocycles. The summed E-state index contributed by atoms with van der Waals surface area (Å²) in [6, 6.07) is 5.23. The number of nitrogens with one attached hydrogen (secondary N) is 2. The second kappa shape index (κ2) is 7.92. The van der Waals surface area contributed by atoms with E-state index in [0.29, 0.717) is 4.68 Å². The number of hydrogen-bond donors (Lipinski definition) is 2. The van der Waals surface area contributed by atoms with E-state index in [0.717, 1.165) is 18.5 Å². The minimum Gasteiger partial charge on any atom is -0.352 e. The number of fused-ring (bicyclic) bond motifs is 2. The molecule has 4 aromatic rings. The molecule has 1 aromatic carbocycles. The number of nitrogens with zero attached hydrogens (tertiary/aromatic N) is 4. The second-order valence-corrected chi connectivity index (χ2v) is 7.48. The molecule has 0 fully saturated rings. The first-order valence-corrected chi connectivity index (χ1v) is 9.94. The van der Waals surface area contributed by atoms with Gasteiger partial charge in [0.05, 0.1) is 28.4 Å². The van der Waals surface area contributed by atoms with Gasteiger partial charge in [0, 0.05) is 23.5 Å². The van der Waals surface area contributed by atoms with Gasteiger partial charge in [-0.1, -0.05) is 12.1 Å². The first kappa shape index (κ1) is 23.1. The van der Waals surface area contributed by atoms with Crippen LogP contribution in [0.2, 0.25) is 0 Å². The average Bonchev–Trinajstić information content (AvgIpc) is 3.28. The molecule has 0 atom stereocenters. The fraction of sp³-hybridized carbons (Fsp3) is 0.0909. The number of rotatable bonds is 2. The van der Waals surface area contributed by atoms with E-state index in [-0.39, 0.29) is 22.5 Å². The van der Waals surface area contributed by atoms with E-state index in [1.54, 1.807) is 5.94 Å². The van der Waals surface area contributed by atoms with E-state index in [4.69, 9.17) is 0 Å². The predicted molar refractivity (Wildman–Crippen MR) is 114 cm³/mol. The van der Waals surface area contributed by atoms with Gasteiger partial charge in [0.25, 0.3) is 5.56 Å². The van der Waals surface area contributed by atoms with E-state index >= 15 is 0 Å². The van der Waals surface area contributed by atoms with Gasteiger partial charge in [-0.2, -0.15) is 31.4 Å². The third kappa shape index (κ3) is 3.64. The summed E-state index contributed by atoms with van der Waals surface area (Å²) in [6.45, 7) is 0. The van der Waals surface area contributed by atoms with Crippen molar-refractivity contribution in [3.05, 3.63) is 75.7 Å². The number of alkyl halides is 6. The molecule has 5 rings (SSSR count). The molecule has 3 aromatic heterocycles. The van der Waals surface area contributed by atoms with Crippen molar-refractivity contribution in [3.63, 3.8) is 0 Å². The summed E-state index contributed by atoms with van der Waals surface area (Å²) in [6.07, 6.45) is -5.68. The van der Waals surface area contributed by atoms with Crippen LogP contribution in [0.25, 0.3) is 39.8 Å². The quantitative estimate of drug-likeness (QED) is 0.316. The zero-order valence-corrected chi connectivity index (χ0v) is 17.5. The lowest BCUT2D eigenvalue weighted by molar-refractivity contribution is -0.142. The predicted octanol–water partition coefficient (Wildman–Crippen LogP) is 3.95. The van der Waals surface area contributed by atoms with Gasteiger partial charge in [-0.25, -0.2) is 14.5 Å². The molecule has 0 radical (unpaired) electrons. The molecule has 14 heteroatoms. The normalized spacial score (nSPS) is 13.4. The molecule has 0 unspecified atom stereocenters. The Kier molecular flexibility index (Phi) is 5.07. The average molecular weight is 504 g/mol. The van der Waals surface area contributed by atoms with Crippen molar-refractivity contribution in [2.45, 2.75) is 12.4 Å². The Labute approximate surface area is 195 Å². The third-order valence-corrected chi connectivity index (χ3v) is 5.34. The van der Waals surface area contributed by atoms with Gasteiger partial charge in [0.15, 0.2) is 17.3 Å². The first-order valence-electron chi connectivity index (χ1n) is 9.94. The van der Waals surface area contributed by atoms with E-state index in [9.17, 15) is 35.9 Å². The van der Waals surface area contributed by atoms with E-state index in [1.807, 2.05) is 4.98 Å². The van der Waals surface area contributed by atoms with Crippen LogP contribution in [0, 0.1) is 0 Å². The standard InChI is InChI=1S/C22H10F6N6O2/c23-21(24,25)17-16-13(5-7-30-17)32-19(33-20(16)36)12-8-31-34(18(12)22(26,27)28)15-3-1-2-10-11(15)4-6-29-14(10)9-35/h1-8,29H,(H,32,33,36). The molecular weight excluding hydrogens is 494 g/mol. The Balaban J connectivity index is 1.77. The SMILES string of the molecule is O=C=C1NC=Cc2c1cccc2-n1ncc(-c2nc3ccnc(C(F)(F)F)c3c(=O)[nH]2)c1C(F)(F)F. The van der Waals surface area contributed by atoms with E-state index in [1.165, 1.54) is 30.5 Å². The van der Waals surface area contributed by atoms with Crippen LogP contribution in [0.4, 0.5) is 26.3 Å². The maximum Gasteiger partial charge on any atom is 0.434 e. The summed E-state index contributed by atoms with van der Waals surface area (Å²) in [5.74, 6) is 1.03. The molecule has 2 N–H and O–H groups in total. The topological polar surface area (TPSA) is 106 Å². The third-order valence-electron chi connectivity index (χ3n) is 5.34. The number of hydrogen-bond acceptors (Lipinski definition) is 6. The van der Waals surface area contributed by atoms with Crippen LogP contribution in [-0.2, 0) is 17.1 Å². The van der Waals surface area contributed by atoms with Crippen molar-refractivity contribution in [2.24, 2.45) is 0 Å². The Morgan fingerprint density at radius 1 is 1.00 bits per heavy atom. The van der Waals surface area contributed by atoms with Gasteiger partial charge < -0.3 is 10.3 Å². The van der Waals surface area contributed by atoms with Crippen LogP contribution in [0.15, 0.2) is 47.7 Å². The highest BCUT2D eigenvalue weighted by Gasteiger charge is 2.41. The molecule has 1 aliphatic rings. The summed E-state index contributed by atoms with van der Waals surface area (Å²) in [5.41, 5.74) is -4.88. The van der Waals surface area contributed by atoms with Crippen LogP contribution in [0.5, 0.6) is 0 Å². The highest BCUT2D eigenvalue weighted by Crippen LogP contribution is 2.39. The zero-order chi connectivity index (χ0) is 25.8. The molecule has 0 saturated carbocycles. The number of H-pyrrole nitrogens is 1. The maximum atomic E-state index is 14.3. The minimum atomic E-state index is -5.03. The summed E-state index contributed by atoms with van der Waals surface area (Å²) < 4.78 is 83.3. The van der Waals surface area contributed by atoms with Crippen molar-refractivity contribution in [3.8, 4) is 17.1 Å². The van der Waals surface area contributed by atoms with Crippen molar-refractivity contribution in [1.29, 1.82) is 0 Å². The molecule has 0 bridgehead atoms. The monoisotopic (exact) mass is 504 g/mol. The minimum absolute atomic E-state index is 0.00453. The van der Waals surface area contributed by atoms with Crippen LogP contribution < -0.4 is 10.9 Å². The van der Waals surface area contributed by atoms with Gasteiger partial charge in [-0.3, -0.25) is 9.78 Å². The number of carbonyl (C=O) groups excluding carboxylic acids is 1. The fourth-order valence-corrected chi connectivity index (χ4v) is 3.91. The smallest absolute Gasteiger partial charge is 0.352 e. The molecule has 1 aliphatic heterocycles. The van der Waals surface area contributed by atoms with Crippen LogP contribution in [0.1, 0.15) is 22.5 Å². The summed E-state index contributed by atoms with van der Waals surface area (Å²) >= 11 is 0. The van der Waals surface area contributed by atoms with Crippen LogP contribution >= 0.6 is 0 Å². The first-order chi connectivity index (χ1) is 17.0. The highest BCUT2D eigenvalue weighted by atomic mass is 19.4. The van der Waals surface area contributed by atoms with Crippen LogP contribution in [-0.4, -0.2) is 30.7 Å². The number of benzene rings is 1. The van der Waals surface area contributed by atoms with Gasteiger partial charge in [-0.05, 0) is 18.2 Å². The lowest BCUT2D eigenvalue weighted by Crippen LogP contribution is -2.20. The number of aromatic nitrogens is 5. The second-order valence-electron chi connectivity index (χ2n) is 7.48. The van der Waals surface area contributed by atoms with Gasteiger partial charge >= 0.3 is 12.4 Å². The zero-order valence-electron chi connectivity index (χ0n) is 17.5. The summed E-state index contributed by atoms with van der Waals surface area (Å²) in [7, 11) is 0. The fourth-order valence-electron chi connectivity index (χ4n) is 3.91. The van der Waals surface area contributed by atoms with Crippen molar-refractivity contribution in [1.82, 2.24) is 30.0 Å². The Bertz CT molecular complexity index is 1680. The molecule has 0 saturated heterocycles. The number of halogens is 6. The van der Waals surface area contributed by atoms with E-state index in [2.05, 4.69) is 20.4 Å². The Morgan fingerprint density at radius 2 is 1.78 bits per heavy atom. The molecule has 182 valence electrons. The lowest BCUT2D eigenvalue weighted by atomic mass is 10.0. The maximum absolute atomic E-state index is 14.3. The lowest BCUT2D eigenvalue weighted by Gasteiger charge is -2.19. The molecule has 8 nitrogen and oxygen atoms in total. The Morgan fingerprint density at radius 3 is 2.47 bits per heavy atom. The molecule has 36 heavy (non-hydrogen) atoms. The Hall–Kier alpha value is -4.71. The molecule has 0 spiro atoms. The van der Waals surface area contributed by atoms with Crippen molar-refractivity contribution < 1.29 is 31.1 Å². The van der Waals surface area contributed by atoms with Gasteiger partial charge in [0.1, 0.15) is 11.5 Å². The number of pyridine rings is 1. The largest absolute Gasteiger partial charge is 0.434 e. The van der Waals surface area contributed by atoms with Gasteiger partial charge in [-0.15, -0.1) is 0 Å². The summed E-state index contributed by atoms with van der Waals surface area (Å²) in [4.78, 5) is 32.8. The van der Waals surface area contributed by atoms with Crippen molar-refractivity contribution in [2.75, 3.05) is 0 Å². The molecule has 0 aliphatic carbocycles.